The second kappa shape index (κ2) is 7.09. The fourth-order valence-corrected chi connectivity index (χ4v) is 1.91. The molecule has 5 heteroatoms. The number of hydrogen-bond acceptors (Lipinski definition) is 2. The second-order valence-corrected chi connectivity index (χ2v) is 4.98. The first-order valence-electron chi connectivity index (χ1n) is 6.49. The van der Waals surface area contributed by atoms with Crippen LogP contribution < -0.4 is 10.1 Å². The summed E-state index contributed by atoms with van der Waals surface area (Å²) in [4.78, 5) is 11.8. The van der Waals surface area contributed by atoms with Gasteiger partial charge in [0, 0.05) is 5.02 Å². The van der Waals surface area contributed by atoms with E-state index < -0.39 is 11.7 Å². The molecule has 0 atom stereocenters. The van der Waals surface area contributed by atoms with Crippen LogP contribution in [-0.4, -0.2) is 19.1 Å². The van der Waals surface area contributed by atoms with Crippen LogP contribution in [0.3, 0.4) is 0 Å². The van der Waals surface area contributed by atoms with E-state index in [4.69, 9.17) is 16.3 Å². The summed E-state index contributed by atoms with van der Waals surface area (Å²) < 4.78 is 18.9. The molecule has 0 bridgehead atoms. The lowest BCUT2D eigenvalue weighted by molar-refractivity contribution is 0.0943. The molecule has 2 aromatic rings. The third kappa shape index (κ3) is 4.46. The lowest BCUT2D eigenvalue weighted by Crippen LogP contribution is -2.28. The average molecular weight is 308 g/mol. The van der Waals surface area contributed by atoms with Crippen molar-refractivity contribution in [3.8, 4) is 5.75 Å². The minimum absolute atomic E-state index is 0.0714. The molecule has 0 aromatic heterocycles. The predicted octanol–water partition coefficient (Wildman–Crippen LogP) is 3.60. The van der Waals surface area contributed by atoms with Crippen molar-refractivity contribution in [1.82, 2.24) is 5.32 Å². The van der Waals surface area contributed by atoms with Gasteiger partial charge in [0.25, 0.3) is 5.91 Å². The molecule has 2 aromatic carbocycles. The average Bonchev–Trinajstić information content (AvgIpc) is 2.47. The summed E-state index contributed by atoms with van der Waals surface area (Å²) in [7, 11) is 0. The predicted molar refractivity (Wildman–Crippen MR) is 80.4 cm³/mol. The Bertz CT molecular complexity index is 629. The van der Waals surface area contributed by atoms with Gasteiger partial charge in [0.05, 0.1) is 12.1 Å². The van der Waals surface area contributed by atoms with Crippen LogP contribution >= 0.6 is 11.6 Å². The third-order valence-electron chi connectivity index (χ3n) is 2.85. The fraction of sp³-hybridized carbons (Fsp3) is 0.188. The zero-order valence-electron chi connectivity index (χ0n) is 11.5. The van der Waals surface area contributed by atoms with Crippen molar-refractivity contribution in [3.05, 3.63) is 64.4 Å². The summed E-state index contributed by atoms with van der Waals surface area (Å²) in [5, 5.41) is 2.90. The van der Waals surface area contributed by atoms with Crippen LogP contribution in [0.4, 0.5) is 4.39 Å². The summed E-state index contributed by atoms with van der Waals surface area (Å²) >= 11 is 5.74. The molecule has 110 valence electrons. The molecule has 0 spiro atoms. The van der Waals surface area contributed by atoms with Crippen LogP contribution in [0, 0.1) is 12.7 Å². The quantitative estimate of drug-likeness (QED) is 0.857. The SMILES string of the molecule is Cc1ccc(OCCNC(=O)c2cc(Cl)ccc2F)cc1. The van der Waals surface area contributed by atoms with Crippen LogP contribution in [0.1, 0.15) is 15.9 Å². The molecule has 1 N–H and O–H groups in total. The van der Waals surface area contributed by atoms with E-state index in [0.717, 1.165) is 11.3 Å². The van der Waals surface area contributed by atoms with Crippen LogP contribution in [0.15, 0.2) is 42.5 Å². The maximum Gasteiger partial charge on any atom is 0.254 e. The number of ether oxygens (including phenoxy) is 1. The van der Waals surface area contributed by atoms with E-state index in [1.807, 2.05) is 31.2 Å². The highest BCUT2D eigenvalue weighted by atomic mass is 35.5. The fourth-order valence-electron chi connectivity index (χ4n) is 1.73. The molecule has 0 aliphatic rings. The second-order valence-electron chi connectivity index (χ2n) is 4.54. The Labute approximate surface area is 127 Å². The highest BCUT2D eigenvalue weighted by molar-refractivity contribution is 6.30. The summed E-state index contributed by atoms with van der Waals surface area (Å²) in [5.41, 5.74) is 1.07. The van der Waals surface area contributed by atoms with E-state index in [9.17, 15) is 9.18 Å². The van der Waals surface area contributed by atoms with Gasteiger partial charge in [-0.3, -0.25) is 4.79 Å². The Morgan fingerprint density at radius 3 is 2.67 bits per heavy atom. The van der Waals surface area contributed by atoms with Crippen LogP contribution in [0.2, 0.25) is 5.02 Å². The maximum atomic E-state index is 13.5. The highest BCUT2D eigenvalue weighted by Gasteiger charge is 2.11. The van der Waals surface area contributed by atoms with Crippen molar-refractivity contribution in [3.63, 3.8) is 0 Å². The van der Waals surface area contributed by atoms with Crippen molar-refractivity contribution in [1.29, 1.82) is 0 Å². The molecule has 3 nitrogen and oxygen atoms in total. The number of aryl methyl sites for hydroxylation is 1. The topological polar surface area (TPSA) is 38.3 Å². The van der Waals surface area contributed by atoms with Crippen molar-refractivity contribution in [2.24, 2.45) is 0 Å². The van der Waals surface area contributed by atoms with E-state index in [-0.39, 0.29) is 12.1 Å². The zero-order valence-corrected chi connectivity index (χ0v) is 12.3. The first kappa shape index (κ1) is 15.3. The van der Waals surface area contributed by atoms with E-state index in [2.05, 4.69) is 5.32 Å². The number of halogens is 2. The standard InChI is InChI=1S/C16H15ClFNO2/c1-11-2-5-13(6-3-11)21-9-8-19-16(20)14-10-12(17)4-7-15(14)18/h2-7,10H,8-9H2,1H3,(H,19,20). The Morgan fingerprint density at radius 1 is 1.24 bits per heavy atom. The lowest BCUT2D eigenvalue weighted by Gasteiger charge is -2.08. The smallest absolute Gasteiger partial charge is 0.254 e. The summed E-state index contributed by atoms with van der Waals surface area (Å²) in [6, 6.07) is 11.5. The molecule has 0 fully saturated rings. The summed E-state index contributed by atoms with van der Waals surface area (Å²) in [6.07, 6.45) is 0. The van der Waals surface area contributed by atoms with Crippen molar-refractivity contribution in [2.45, 2.75) is 6.92 Å². The molecule has 0 saturated heterocycles. The first-order chi connectivity index (χ1) is 10.1. The maximum absolute atomic E-state index is 13.5. The summed E-state index contributed by atoms with van der Waals surface area (Å²) in [5.74, 6) is -0.386. The molecule has 0 unspecified atom stereocenters. The van der Waals surface area contributed by atoms with E-state index >= 15 is 0 Å². The Balaban J connectivity index is 1.81. The number of nitrogens with one attached hydrogen (secondary N) is 1. The van der Waals surface area contributed by atoms with Crippen molar-refractivity contribution in [2.75, 3.05) is 13.2 Å². The van der Waals surface area contributed by atoms with Gasteiger partial charge in [0.15, 0.2) is 0 Å². The van der Waals surface area contributed by atoms with Crippen LogP contribution in [0.5, 0.6) is 5.75 Å². The Morgan fingerprint density at radius 2 is 1.95 bits per heavy atom. The molecular weight excluding hydrogens is 293 g/mol. The number of carbonyl (C=O) groups is 1. The van der Waals surface area contributed by atoms with Crippen LogP contribution in [0.25, 0.3) is 0 Å². The Kier molecular flexibility index (Phi) is 5.17. The van der Waals surface area contributed by atoms with Crippen molar-refractivity contribution < 1.29 is 13.9 Å². The first-order valence-corrected chi connectivity index (χ1v) is 6.87. The largest absolute Gasteiger partial charge is 0.492 e. The Hall–Kier alpha value is -2.07. The number of benzene rings is 2. The molecule has 0 saturated carbocycles. The molecular formula is C16H15ClFNO2. The molecule has 21 heavy (non-hydrogen) atoms. The van der Waals surface area contributed by atoms with E-state index in [0.29, 0.717) is 11.6 Å². The van der Waals surface area contributed by atoms with Crippen LogP contribution in [-0.2, 0) is 0 Å². The molecule has 0 heterocycles. The van der Waals surface area contributed by atoms with Gasteiger partial charge in [-0.1, -0.05) is 29.3 Å². The van der Waals surface area contributed by atoms with Gasteiger partial charge in [-0.15, -0.1) is 0 Å². The lowest BCUT2D eigenvalue weighted by atomic mass is 10.2. The van der Waals surface area contributed by atoms with E-state index in [1.165, 1.54) is 18.2 Å². The monoisotopic (exact) mass is 307 g/mol. The molecule has 0 aliphatic carbocycles. The van der Waals surface area contributed by atoms with Gasteiger partial charge in [0.1, 0.15) is 18.2 Å². The third-order valence-corrected chi connectivity index (χ3v) is 3.09. The van der Waals surface area contributed by atoms with Gasteiger partial charge < -0.3 is 10.1 Å². The van der Waals surface area contributed by atoms with Gasteiger partial charge in [-0.25, -0.2) is 4.39 Å². The normalized spacial score (nSPS) is 10.2. The highest BCUT2D eigenvalue weighted by Crippen LogP contribution is 2.14. The molecule has 0 aliphatic heterocycles. The van der Waals surface area contributed by atoms with Gasteiger partial charge in [-0.2, -0.15) is 0 Å². The van der Waals surface area contributed by atoms with Gasteiger partial charge >= 0.3 is 0 Å². The number of carbonyl (C=O) groups excluding carboxylic acids is 1. The van der Waals surface area contributed by atoms with Crippen molar-refractivity contribution >= 4 is 17.5 Å². The van der Waals surface area contributed by atoms with Gasteiger partial charge in [-0.05, 0) is 37.3 Å². The number of amides is 1. The minimum Gasteiger partial charge on any atom is -0.492 e. The number of hydrogen-bond donors (Lipinski definition) is 1. The van der Waals surface area contributed by atoms with E-state index in [1.54, 1.807) is 0 Å². The van der Waals surface area contributed by atoms with Gasteiger partial charge in [0.2, 0.25) is 0 Å². The molecule has 1 amide bonds. The molecule has 0 radical (unpaired) electrons. The zero-order chi connectivity index (χ0) is 15.2. The molecule has 2 rings (SSSR count). The minimum atomic E-state index is -0.601. The summed E-state index contributed by atoms with van der Waals surface area (Å²) in [6.45, 7) is 2.57. The number of rotatable bonds is 5.